The summed E-state index contributed by atoms with van der Waals surface area (Å²) in [6.45, 7) is 2.50. The van der Waals surface area contributed by atoms with Crippen molar-refractivity contribution < 1.29 is 4.79 Å². The molecule has 0 aliphatic rings. The van der Waals surface area contributed by atoms with E-state index in [1.54, 1.807) is 20.9 Å². The average molecular weight is 376 g/mol. The second-order valence-corrected chi connectivity index (χ2v) is 7.60. The summed E-state index contributed by atoms with van der Waals surface area (Å²) in [5.41, 5.74) is 3.94. The smallest absolute Gasteiger partial charge is 0.254 e. The zero-order chi connectivity index (χ0) is 19.0. The summed E-state index contributed by atoms with van der Waals surface area (Å²) >= 11 is 1.65. The molecule has 27 heavy (non-hydrogen) atoms. The third-order valence-electron chi connectivity index (χ3n) is 4.59. The minimum absolute atomic E-state index is 0.0240. The van der Waals surface area contributed by atoms with Crippen LogP contribution in [0.3, 0.4) is 0 Å². The van der Waals surface area contributed by atoms with Crippen molar-refractivity contribution in [2.75, 3.05) is 7.05 Å². The molecule has 0 aliphatic carbocycles. The molecule has 0 aliphatic heterocycles. The topological polar surface area (TPSA) is 51.0 Å². The first-order valence-electron chi connectivity index (χ1n) is 8.72. The molecule has 0 saturated heterocycles. The number of aryl methyl sites for hydroxylation is 2. The van der Waals surface area contributed by atoms with Crippen molar-refractivity contribution in [2.45, 2.75) is 13.5 Å². The molecule has 0 fully saturated rings. The quantitative estimate of drug-likeness (QED) is 0.534. The fourth-order valence-electron chi connectivity index (χ4n) is 3.28. The maximum atomic E-state index is 13.3. The van der Waals surface area contributed by atoms with E-state index in [-0.39, 0.29) is 5.91 Å². The lowest BCUT2D eigenvalue weighted by Crippen LogP contribution is -2.26. The van der Waals surface area contributed by atoms with Crippen LogP contribution in [0.2, 0.25) is 0 Å². The Morgan fingerprint density at radius 1 is 1.19 bits per heavy atom. The van der Waals surface area contributed by atoms with Crippen LogP contribution in [-0.2, 0) is 13.6 Å². The number of rotatable bonds is 4. The van der Waals surface area contributed by atoms with E-state index >= 15 is 0 Å². The highest BCUT2D eigenvalue weighted by molar-refractivity contribution is 7.09. The molecule has 3 aromatic heterocycles. The third-order valence-corrected chi connectivity index (χ3v) is 5.45. The van der Waals surface area contributed by atoms with E-state index in [1.165, 1.54) is 0 Å². The van der Waals surface area contributed by atoms with E-state index in [1.807, 2.05) is 74.9 Å². The first-order chi connectivity index (χ1) is 13.0. The van der Waals surface area contributed by atoms with Crippen LogP contribution in [0.25, 0.3) is 22.3 Å². The summed E-state index contributed by atoms with van der Waals surface area (Å²) in [4.78, 5) is 21.0. The lowest BCUT2D eigenvalue weighted by atomic mass is 10.0. The zero-order valence-corrected chi connectivity index (χ0v) is 16.3. The Hall–Kier alpha value is -2.99. The van der Waals surface area contributed by atoms with E-state index in [0.29, 0.717) is 12.1 Å². The molecule has 6 heteroatoms. The summed E-state index contributed by atoms with van der Waals surface area (Å²) in [6, 6.07) is 15.8. The minimum atomic E-state index is -0.0240. The molecule has 4 aromatic rings. The SMILES string of the molecule is Cc1nn(C)c2nc(-c3ccccc3)cc(C(=O)N(C)Cc3cccs3)c12. The highest BCUT2D eigenvalue weighted by Crippen LogP contribution is 2.28. The van der Waals surface area contributed by atoms with Crippen molar-refractivity contribution in [3.8, 4) is 11.3 Å². The van der Waals surface area contributed by atoms with Crippen molar-refractivity contribution >= 4 is 28.3 Å². The van der Waals surface area contributed by atoms with Gasteiger partial charge in [-0.1, -0.05) is 36.4 Å². The molecule has 136 valence electrons. The van der Waals surface area contributed by atoms with Gasteiger partial charge in [0.05, 0.1) is 28.9 Å². The number of carbonyl (C=O) groups excluding carboxylic acids is 1. The number of carbonyl (C=O) groups is 1. The molecule has 3 heterocycles. The van der Waals surface area contributed by atoms with Crippen LogP contribution >= 0.6 is 11.3 Å². The van der Waals surface area contributed by atoms with Gasteiger partial charge < -0.3 is 4.90 Å². The van der Waals surface area contributed by atoms with Gasteiger partial charge in [0.15, 0.2) is 5.65 Å². The van der Waals surface area contributed by atoms with Gasteiger partial charge in [0.1, 0.15) is 0 Å². The lowest BCUT2D eigenvalue weighted by Gasteiger charge is -2.17. The number of fused-ring (bicyclic) bond motifs is 1. The second-order valence-electron chi connectivity index (χ2n) is 6.57. The number of hydrogen-bond acceptors (Lipinski definition) is 4. The van der Waals surface area contributed by atoms with Crippen LogP contribution in [-0.4, -0.2) is 32.6 Å². The Morgan fingerprint density at radius 3 is 2.67 bits per heavy atom. The number of hydrogen-bond donors (Lipinski definition) is 0. The Balaban J connectivity index is 1.84. The average Bonchev–Trinajstić information content (AvgIpc) is 3.29. The fourth-order valence-corrected chi connectivity index (χ4v) is 4.04. The Bertz CT molecular complexity index is 1100. The van der Waals surface area contributed by atoms with Crippen molar-refractivity contribution in [3.63, 3.8) is 0 Å². The van der Waals surface area contributed by atoms with Gasteiger partial charge in [-0.25, -0.2) is 4.98 Å². The standard InChI is InChI=1S/C21H20N4OS/c1-14-19-17(21(26)24(2)13-16-10-7-11-27-16)12-18(15-8-5-4-6-9-15)22-20(19)25(3)23-14/h4-12H,13H2,1-3H3. The molecule has 0 unspecified atom stereocenters. The van der Waals surface area contributed by atoms with Gasteiger partial charge >= 0.3 is 0 Å². The van der Waals surface area contributed by atoms with Crippen molar-refractivity contribution in [1.82, 2.24) is 19.7 Å². The van der Waals surface area contributed by atoms with Gasteiger partial charge in [-0.3, -0.25) is 9.48 Å². The molecule has 0 bridgehead atoms. The maximum Gasteiger partial charge on any atom is 0.254 e. The van der Waals surface area contributed by atoms with Gasteiger partial charge in [0, 0.05) is 24.5 Å². The number of amides is 1. The molecule has 1 aromatic carbocycles. The van der Waals surface area contributed by atoms with Crippen molar-refractivity contribution in [1.29, 1.82) is 0 Å². The maximum absolute atomic E-state index is 13.3. The Labute approximate surface area is 161 Å². The summed E-state index contributed by atoms with van der Waals surface area (Å²) in [5, 5.41) is 7.33. The van der Waals surface area contributed by atoms with Crippen LogP contribution in [0.15, 0.2) is 53.9 Å². The van der Waals surface area contributed by atoms with Gasteiger partial charge in [-0.2, -0.15) is 5.10 Å². The van der Waals surface area contributed by atoms with Crippen molar-refractivity contribution in [2.24, 2.45) is 7.05 Å². The van der Waals surface area contributed by atoms with Crippen molar-refractivity contribution in [3.05, 3.63) is 70.0 Å². The van der Waals surface area contributed by atoms with Gasteiger partial charge in [0.2, 0.25) is 0 Å². The first-order valence-corrected chi connectivity index (χ1v) is 9.60. The summed E-state index contributed by atoms with van der Waals surface area (Å²) < 4.78 is 1.74. The molecule has 5 nitrogen and oxygen atoms in total. The Kier molecular flexibility index (Phi) is 4.49. The van der Waals surface area contributed by atoms with Gasteiger partial charge in [-0.05, 0) is 24.4 Å². The van der Waals surface area contributed by atoms with E-state index in [9.17, 15) is 4.79 Å². The number of thiophene rings is 1. The Morgan fingerprint density at radius 2 is 1.96 bits per heavy atom. The molecular weight excluding hydrogens is 356 g/mol. The molecule has 0 N–H and O–H groups in total. The number of benzene rings is 1. The summed E-state index contributed by atoms with van der Waals surface area (Å²) in [7, 11) is 3.70. The molecule has 0 spiro atoms. The van der Waals surface area contributed by atoms with E-state index in [0.717, 1.165) is 32.9 Å². The summed E-state index contributed by atoms with van der Waals surface area (Å²) in [5.74, 6) is -0.0240. The number of pyridine rings is 1. The van der Waals surface area contributed by atoms with Gasteiger partial charge in [0.25, 0.3) is 5.91 Å². The van der Waals surface area contributed by atoms with Crippen LogP contribution in [0.4, 0.5) is 0 Å². The molecule has 0 radical (unpaired) electrons. The number of aromatic nitrogens is 3. The highest BCUT2D eigenvalue weighted by atomic mass is 32.1. The monoisotopic (exact) mass is 376 g/mol. The summed E-state index contributed by atoms with van der Waals surface area (Å²) in [6.07, 6.45) is 0. The van der Waals surface area contributed by atoms with E-state index in [2.05, 4.69) is 5.10 Å². The highest BCUT2D eigenvalue weighted by Gasteiger charge is 2.22. The molecule has 0 atom stereocenters. The zero-order valence-electron chi connectivity index (χ0n) is 15.5. The molecule has 0 saturated carbocycles. The fraction of sp³-hybridized carbons (Fsp3) is 0.190. The predicted octanol–water partition coefficient (Wildman–Crippen LogP) is 4.28. The minimum Gasteiger partial charge on any atom is -0.337 e. The normalized spacial score (nSPS) is 11.1. The lowest BCUT2D eigenvalue weighted by molar-refractivity contribution is 0.0788. The van der Waals surface area contributed by atoms with Crippen LogP contribution in [0.5, 0.6) is 0 Å². The predicted molar refractivity (Wildman–Crippen MR) is 109 cm³/mol. The molecule has 4 rings (SSSR count). The molecular formula is C21H20N4OS. The number of nitrogens with zero attached hydrogens (tertiary/aromatic N) is 4. The van der Waals surface area contributed by atoms with Gasteiger partial charge in [-0.15, -0.1) is 11.3 Å². The molecule has 1 amide bonds. The van der Waals surface area contributed by atoms with E-state index < -0.39 is 0 Å². The van der Waals surface area contributed by atoms with Crippen LogP contribution < -0.4 is 0 Å². The van der Waals surface area contributed by atoms with E-state index in [4.69, 9.17) is 4.98 Å². The van der Waals surface area contributed by atoms with Crippen LogP contribution in [0, 0.1) is 6.92 Å². The second kappa shape index (κ2) is 6.96. The van der Waals surface area contributed by atoms with Crippen LogP contribution in [0.1, 0.15) is 20.9 Å². The first kappa shape index (κ1) is 17.4. The largest absolute Gasteiger partial charge is 0.337 e. The third kappa shape index (κ3) is 3.24.